The van der Waals surface area contributed by atoms with Gasteiger partial charge in [0.2, 0.25) is 0 Å². The molecule has 0 aliphatic rings. The Morgan fingerprint density at radius 3 is 2.54 bits per heavy atom. The second kappa shape index (κ2) is 11.6. The number of carbonyl (C=O) groups is 1. The van der Waals surface area contributed by atoms with Crippen LogP contribution < -0.4 is 14.8 Å². The van der Waals surface area contributed by atoms with Crippen LogP contribution in [0.3, 0.4) is 0 Å². The number of carbonyl (C=O) groups excluding carboxylic acids is 1. The zero-order valence-corrected chi connectivity index (χ0v) is 20.3. The number of anilines is 1. The molecule has 0 bridgehead atoms. The second-order valence-corrected chi connectivity index (χ2v) is 8.21. The second-order valence-electron chi connectivity index (χ2n) is 6.96. The molecule has 0 spiro atoms. The molecule has 0 fully saturated rings. The molecule has 1 N–H and O–H groups in total. The van der Waals surface area contributed by atoms with Gasteiger partial charge >= 0.3 is 0 Å². The molecule has 0 heterocycles. The maximum Gasteiger partial charge on any atom is 0.294 e. The number of nitro benzene ring substituents is 1. The summed E-state index contributed by atoms with van der Waals surface area (Å²) in [6.07, 6.45) is 1.27. The summed E-state index contributed by atoms with van der Waals surface area (Å²) < 4.78 is 11.2. The minimum Gasteiger partial charge on any atom is -0.493 e. The fourth-order valence-corrected chi connectivity index (χ4v) is 3.63. The molecule has 3 aromatic rings. The molecule has 0 aliphatic heterocycles. The number of benzene rings is 3. The maximum atomic E-state index is 12.6. The Bertz CT molecular complexity index is 1370. The fraction of sp³-hybridized carbons (Fsp3) is 0.0833. The normalized spacial score (nSPS) is 10.9. The predicted octanol–water partition coefficient (Wildman–Crippen LogP) is 6.69. The quantitative estimate of drug-likeness (QED) is 0.150. The smallest absolute Gasteiger partial charge is 0.294 e. The average Bonchev–Trinajstić information content (AvgIpc) is 2.83. The number of halogens is 3. The third-order valence-electron chi connectivity index (χ3n) is 4.66. The van der Waals surface area contributed by atoms with Crippen molar-refractivity contribution >= 4 is 58.2 Å². The van der Waals surface area contributed by atoms with Crippen LogP contribution in [0.25, 0.3) is 6.08 Å². The first kappa shape index (κ1) is 25.8. The van der Waals surface area contributed by atoms with Crippen LogP contribution in [0.2, 0.25) is 15.1 Å². The highest BCUT2D eigenvalue weighted by atomic mass is 35.5. The molecule has 1 amide bonds. The summed E-state index contributed by atoms with van der Waals surface area (Å²) in [5.74, 6) is -0.333. The van der Waals surface area contributed by atoms with Gasteiger partial charge in [-0.1, -0.05) is 53.0 Å². The minimum atomic E-state index is -0.855. The number of nitro groups is 1. The third-order valence-corrected chi connectivity index (χ3v) is 5.55. The van der Waals surface area contributed by atoms with Crippen LogP contribution in [0.4, 0.5) is 11.4 Å². The largest absolute Gasteiger partial charge is 0.493 e. The van der Waals surface area contributed by atoms with Crippen LogP contribution in [0, 0.1) is 21.4 Å². The first-order chi connectivity index (χ1) is 16.7. The number of methoxy groups -OCH3 is 1. The van der Waals surface area contributed by atoms with E-state index < -0.39 is 16.5 Å². The van der Waals surface area contributed by atoms with Crippen LogP contribution in [-0.2, 0) is 11.4 Å². The van der Waals surface area contributed by atoms with Crippen LogP contribution in [0.1, 0.15) is 11.1 Å². The molecule has 0 aromatic heterocycles. The van der Waals surface area contributed by atoms with Gasteiger partial charge in [0, 0.05) is 21.7 Å². The monoisotopic (exact) mass is 531 g/mol. The number of hydrogen-bond donors (Lipinski definition) is 1. The van der Waals surface area contributed by atoms with Gasteiger partial charge < -0.3 is 14.8 Å². The highest BCUT2D eigenvalue weighted by molar-refractivity contribution is 6.32. The van der Waals surface area contributed by atoms with Gasteiger partial charge in [-0.3, -0.25) is 14.9 Å². The van der Waals surface area contributed by atoms with Crippen molar-refractivity contribution in [1.82, 2.24) is 0 Å². The molecule has 3 aromatic carbocycles. The lowest BCUT2D eigenvalue weighted by atomic mass is 10.1. The van der Waals surface area contributed by atoms with E-state index >= 15 is 0 Å². The Hall–Kier alpha value is -3.77. The van der Waals surface area contributed by atoms with Gasteiger partial charge in [0.15, 0.2) is 11.5 Å². The van der Waals surface area contributed by atoms with E-state index in [1.54, 1.807) is 18.2 Å². The van der Waals surface area contributed by atoms with Gasteiger partial charge in [-0.25, -0.2) is 0 Å². The van der Waals surface area contributed by atoms with Crippen LogP contribution in [0.15, 0.2) is 60.2 Å². The zero-order valence-electron chi connectivity index (χ0n) is 18.1. The number of nitriles is 1. The van der Waals surface area contributed by atoms with Gasteiger partial charge in [0.1, 0.15) is 23.9 Å². The number of ether oxygens (including phenoxy) is 2. The molecule has 0 saturated heterocycles. The molecule has 178 valence electrons. The summed E-state index contributed by atoms with van der Waals surface area (Å²) >= 11 is 18.3. The van der Waals surface area contributed by atoms with Crippen molar-refractivity contribution in [3.05, 3.63) is 96.5 Å². The highest BCUT2D eigenvalue weighted by Gasteiger charge is 2.19. The molecule has 0 unspecified atom stereocenters. The summed E-state index contributed by atoms with van der Waals surface area (Å²) in [5, 5.41) is 24.0. The van der Waals surface area contributed by atoms with E-state index in [9.17, 15) is 20.2 Å². The standard InChI is InChI=1S/C24H16Cl3N3O5/c1-34-22-10-14(9-19(27)23(22)35-13-15-4-2-3-5-18(15)26)8-16(12-28)24(31)29-20-7-6-17(25)11-21(20)30(32)33/h2-11H,13H2,1H3,(H,29,31). The molecule has 0 saturated carbocycles. The summed E-state index contributed by atoms with van der Waals surface area (Å²) in [6, 6.07) is 15.7. The summed E-state index contributed by atoms with van der Waals surface area (Å²) in [4.78, 5) is 23.2. The van der Waals surface area contributed by atoms with Gasteiger partial charge in [0.05, 0.1) is 17.1 Å². The van der Waals surface area contributed by atoms with Gasteiger partial charge in [-0.15, -0.1) is 0 Å². The van der Waals surface area contributed by atoms with Gasteiger partial charge in [-0.05, 0) is 42.0 Å². The predicted molar refractivity (Wildman–Crippen MR) is 134 cm³/mol. The Morgan fingerprint density at radius 1 is 1.14 bits per heavy atom. The zero-order chi connectivity index (χ0) is 25.5. The van der Waals surface area contributed by atoms with E-state index in [1.807, 2.05) is 12.1 Å². The van der Waals surface area contributed by atoms with Crippen LogP contribution in [0.5, 0.6) is 11.5 Å². The molecule has 3 rings (SSSR count). The fourth-order valence-electron chi connectivity index (χ4n) is 3.00. The van der Waals surface area contributed by atoms with Crippen molar-refractivity contribution in [2.45, 2.75) is 6.61 Å². The number of nitrogens with zero attached hydrogens (tertiary/aromatic N) is 2. The van der Waals surface area contributed by atoms with E-state index in [4.69, 9.17) is 44.3 Å². The van der Waals surface area contributed by atoms with Crippen molar-refractivity contribution in [2.75, 3.05) is 12.4 Å². The molecular formula is C24H16Cl3N3O5. The van der Waals surface area contributed by atoms with Crippen molar-refractivity contribution in [1.29, 1.82) is 5.26 Å². The number of hydrogen-bond acceptors (Lipinski definition) is 6. The van der Waals surface area contributed by atoms with Crippen LogP contribution in [-0.4, -0.2) is 17.9 Å². The SMILES string of the molecule is COc1cc(C=C(C#N)C(=O)Nc2ccc(Cl)cc2[N+](=O)[O-])cc(Cl)c1OCc1ccccc1Cl. The molecule has 0 atom stereocenters. The molecule has 11 heteroatoms. The first-order valence-electron chi connectivity index (χ1n) is 9.84. The Balaban J connectivity index is 1.86. The lowest BCUT2D eigenvalue weighted by Gasteiger charge is -2.14. The highest BCUT2D eigenvalue weighted by Crippen LogP contribution is 2.38. The Kier molecular flexibility index (Phi) is 8.55. The third kappa shape index (κ3) is 6.43. The Labute approximate surface area is 215 Å². The summed E-state index contributed by atoms with van der Waals surface area (Å²) in [5.41, 5.74) is 0.278. The molecule has 0 radical (unpaired) electrons. The first-order valence-corrected chi connectivity index (χ1v) is 11.0. The number of nitrogens with one attached hydrogen (secondary N) is 1. The Morgan fingerprint density at radius 2 is 1.89 bits per heavy atom. The lowest BCUT2D eigenvalue weighted by Crippen LogP contribution is -2.14. The van der Waals surface area contributed by atoms with E-state index in [0.29, 0.717) is 10.6 Å². The lowest BCUT2D eigenvalue weighted by molar-refractivity contribution is -0.383. The summed E-state index contributed by atoms with van der Waals surface area (Å²) in [6.45, 7) is 0.136. The van der Waals surface area contributed by atoms with Gasteiger partial charge in [0.25, 0.3) is 11.6 Å². The van der Waals surface area contributed by atoms with Crippen molar-refractivity contribution in [2.24, 2.45) is 0 Å². The molecule has 0 aliphatic carbocycles. The number of amides is 1. The van der Waals surface area contributed by atoms with E-state index in [2.05, 4.69) is 5.32 Å². The number of rotatable bonds is 8. The average molecular weight is 533 g/mol. The van der Waals surface area contributed by atoms with Crippen LogP contribution >= 0.6 is 34.8 Å². The molecule has 35 heavy (non-hydrogen) atoms. The topological polar surface area (TPSA) is 114 Å². The molecular weight excluding hydrogens is 517 g/mol. The van der Waals surface area contributed by atoms with E-state index in [0.717, 1.165) is 11.6 Å². The van der Waals surface area contributed by atoms with Gasteiger partial charge in [-0.2, -0.15) is 5.26 Å². The van der Waals surface area contributed by atoms with E-state index in [-0.39, 0.29) is 39.4 Å². The van der Waals surface area contributed by atoms with E-state index in [1.165, 1.54) is 37.5 Å². The minimum absolute atomic E-state index is 0.107. The van der Waals surface area contributed by atoms with Crippen molar-refractivity contribution < 1.29 is 19.2 Å². The van der Waals surface area contributed by atoms with Crippen molar-refractivity contribution in [3.63, 3.8) is 0 Å². The summed E-state index contributed by atoms with van der Waals surface area (Å²) in [7, 11) is 1.42. The van der Waals surface area contributed by atoms with Crippen molar-refractivity contribution in [3.8, 4) is 17.6 Å². The molecule has 8 nitrogen and oxygen atoms in total. The maximum absolute atomic E-state index is 12.6.